The van der Waals surface area contributed by atoms with Crippen LogP contribution in [0.25, 0.3) is 11.3 Å². The summed E-state index contributed by atoms with van der Waals surface area (Å²) in [4.78, 5) is 32.0. The number of hydrazone groups is 1. The molecule has 0 aliphatic carbocycles. The molecule has 2 heterocycles. The highest BCUT2D eigenvalue weighted by molar-refractivity contribution is 6.42. The molecule has 4 aromatic rings. The summed E-state index contributed by atoms with van der Waals surface area (Å²) in [5.74, 6) is 0.409. The Morgan fingerprint density at radius 3 is 2.69 bits per heavy atom. The third-order valence-corrected chi connectivity index (χ3v) is 5.74. The molecule has 0 saturated heterocycles. The van der Waals surface area contributed by atoms with Crippen molar-refractivity contribution in [3.63, 3.8) is 0 Å². The summed E-state index contributed by atoms with van der Waals surface area (Å²) in [6.07, 6.45) is 3.82. The van der Waals surface area contributed by atoms with E-state index in [2.05, 4.69) is 25.8 Å². The molecule has 0 unspecified atom stereocenters. The Kier molecular flexibility index (Phi) is 8.38. The van der Waals surface area contributed by atoms with Crippen LogP contribution in [0.15, 0.2) is 82.7 Å². The topological polar surface area (TPSA) is 122 Å². The van der Waals surface area contributed by atoms with Crippen molar-refractivity contribution in [3.05, 3.63) is 100 Å². The van der Waals surface area contributed by atoms with Gasteiger partial charge in [-0.2, -0.15) is 5.10 Å². The van der Waals surface area contributed by atoms with Gasteiger partial charge in [-0.3, -0.25) is 4.79 Å². The summed E-state index contributed by atoms with van der Waals surface area (Å²) in [6.45, 7) is 0.0723. The van der Waals surface area contributed by atoms with Gasteiger partial charge in [-0.25, -0.2) is 15.2 Å². The molecular weight excluding hydrogens is 505 g/mol. The van der Waals surface area contributed by atoms with E-state index in [1.54, 1.807) is 36.5 Å². The number of amides is 2. The Morgan fingerprint density at radius 2 is 1.94 bits per heavy atom. The average Bonchev–Trinajstić information content (AvgIpc) is 3.57. The molecule has 3 N–H and O–H groups in total. The maximum absolute atomic E-state index is 12.8. The zero-order chi connectivity index (χ0) is 25.3. The quantitative estimate of drug-likeness (QED) is 0.210. The van der Waals surface area contributed by atoms with Crippen molar-refractivity contribution < 1.29 is 18.7 Å². The Morgan fingerprint density at radius 1 is 1.11 bits per heavy atom. The van der Waals surface area contributed by atoms with Gasteiger partial charge in [0, 0.05) is 23.9 Å². The molecule has 0 saturated carbocycles. The number of H-pyrrole nitrogens is 1. The lowest BCUT2D eigenvalue weighted by molar-refractivity contribution is -0.123. The summed E-state index contributed by atoms with van der Waals surface area (Å²) in [7, 11) is 0. The number of carbonyl (C=O) groups is 2. The average molecular weight is 526 g/mol. The number of aromatic nitrogens is 2. The fraction of sp³-hybridized carbons (Fsp3) is 0.120. The number of halogens is 2. The van der Waals surface area contributed by atoms with Gasteiger partial charge in [0.1, 0.15) is 24.2 Å². The second-order valence-electron chi connectivity index (χ2n) is 7.60. The van der Waals surface area contributed by atoms with Crippen LogP contribution in [0.3, 0.4) is 0 Å². The van der Waals surface area contributed by atoms with E-state index in [-0.39, 0.29) is 13.0 Å². The summed E-state index contributed by atoms with van der Waals surface area (Å²) in [6, 6.07) is 16.8. The van der Waals surface area contributed by atoms with Crippen molar-refractivity contribution in [3.8, 4) is 11.3 Å². The highest BCUT2D eigenvalue weighted by atomic mass is 35.5. The first-order valence-electron chi connectivity index (χ1n) is 10.8. The van der Waals surface area contributed by atoms with Crippen LogP contribution in [0.5, 0.6) is 0 Å². The largest absolute Gasteiger partial charge is 0.455 e. The van der Waals surface area contributed by atoms with E-state index in [9.17, 15) is 9.59 Å². The maximum Gasteiger partial charge on any atom is 0.408 e. The molecule has 2 amide bonds. The minimum absolute atomic E-state index is 0.0723. The van der Waals surface area contributed by atoms with Gasteiger partial charge in [0.2, 0.25) is 0 Å². The van der Waals surface area contributed by atoms with Gasteiger partial charge in [-0.1, -0.05) is 53.5 Å². The van der Waals surface area contributed by atoms with Gasteiger partial charge in [0.25, 0.3) is 5.91 Å². The molecule has 0 radical (unpaired) electrons. The third-order valence-electron chi connectivity index (χ3n) is 5.00. The van der Waals surface area contributed by atoms with Crippen LogP contribution in [0.2, 0.25) is 10.0 Å². The Hall–Kier alpha value is -4.08. The number of ether oxygens (including phenoxy) is 1. The van der Waals surface area contributed by atoms with Gasteiger partial charge in [-0.15, -0.1) is 0 Å². The van der Waals surface area contributed by atoms with Gasteiger partial charge < -0.3 is 19.5 Å². The Balaban J connectivity index is 1.36. The zero-order valence-electron chi connectivity index (χ0n) is 18.8. The number of aromatic amines is 1. The van der Waals surface area contributed by atoms with Gasteiger partial charge in [0.05, 0.1) is 22.6 Å². The predicted molar refractivity (Wildman–Crippen MR) is 136 cm³/mol. The van der Waals surface area contributed by atoms with E-state index in [0.29, 0.717) is 27.3 Å². The maximum atomic E-state index is 12.8. The fourth-order valence-electron chi connectivity index (χ4n) is 3.20. The zero-order valence-corrected chi connectivity index (χ0v) is 20.3. The van der Waals surface area contributed by atoms with E-state index in [1.807, 2.05) is 30.3 Å². The first kappa shape index (κ1) is 25.0. The lowest BCUT2D eigenvalue weighted by atomic mass is 10.1. The molecule has 11 heteroatoms. The number of benzene rings is 2. The number of furan rings is 1. The van der Waals surface area contributed by atoms with Crippen LogP contribution in [-0.2, 0) is 22.6 Å². The normalized spacial score (nSPS) is 11.8. The van der Waals surface area contributed by atoms with E-state index < -0.39 is 18.0 Å². The molecule has 1 atom stereocenters. The lowest BCUT2D eigenvalue weighted by Gasteiger charge is -2.16. The van der Waals surface area contributed by atoms with Crippen LogP contribution >= 0.6 is 23.2 Å². The van der Waals surface area contributed by atoms with E-state index in [4.69, 9.17) is 32.4 Å². The molecule has 0 aliphatic heterocycles. The van der Waals surface area contributed by atoms with Crippen molar-refractivity contribution in [1.29, 1.82) is 0 Å². The van der Waals surface area contributed by atoms with E-state index >= 15 is 0 Å². The van der Waals surface area contributed by atoms with Crippen molar-refractivity contribution >= 4 is 41.4 Å². The second-order valence-corrected chi connectivity index (χ2v) is 8.42. The molecule has 0 aliphatic rings. The molecule has 2 aromatic carbocycles. The smallest absolute Gasteiger partial charge is 0.408 e. The highest BCUT2D eigenvalue weighted by Crippen LogP contribution is 2.29. The highest BCUT2D eigenvalue weighted by Gasteiger charge is 2.22. The SMILES string of the molecule is O=C(N[C@@H](Cc1cnc[nH]1)C(=O)N/N=C\c1ccc(-c2ccc(Cl)c(Cl)c2)o1)OCc1ccccc1. The monoisotopic (exact) mass is 525 g/mol. The molecule has 9 nitrogen and oxygen atoms in total. The van der Waals surface area contributed by atoms with Crippen molar-refractivity contribution in [2.75, 3.05) is 0 Å². The molecule has 0 spiro atoms. The van der Waals surface area contributed by atoms with E-state index in [1.165, 1.54) is 12.5 Å². The molecule has 36 heavy (non-hydrogen) atoms. The standard InChI is InChI=1S/C25H21Cl2N5O4/c26-20-8-6-17(10-21(20)27)23-9-7-19(36-23)13-30-32-24(33)22(11-18-12-28-15-29-18)31-25(34)35-14-16-4-2-1-3-5-16/h1-10,12-13,15,22H,11,14H2,(H,28,29)(H,31,34)(H,32,33)/b30-13-/t22-/m0/s1. The number of alkyl carbamates (subject to hydrolysis) is 1. The molecule has 0 fully saturated rings. The number of nitrogens with one attached hydrogen (secondary N) is 3. The fourth-order valence-corrected chi connectivity index (χ4v) is 3.49. The summed E-state index contributed by atoms with van der Waals surface area (Å²) in [5, 5.41) is 7.37. The molecule has 4 rings (SSSR count). The van der Waals surface area contributed by atoms with Crippen LogP contribution in [0, 0.1) is 0 Å². The van der Waals surface area contributed by atoms with Gasteiger partial charge >= 0.3 is 6.09 Å². The minimum atomic E-state index is -0.964. The summed E-state index contributed by atoms with van der Waals surface area (Å²) in [5.41, 5.74) is 4.63. The van der Waals surface area contributed by atoms with Crippen molar-refractivity contribution in [1.82, 2.24) is 20.7 Å². The summed E-state index contributed by atoms with van der Waals surface area (Å²) < 4.78 is 11.0. The first-order valence-corrected chi connectivity index (χ1v) is 11.6. The Bertz CT molecular complexity index is 1340. The second kappa shape index (κ2) is 12.1. The van der Waals surface area contributed by atoms with Gasteiger partial charge in [0.15, 0.2) is 0 Å². The predicted octanol–water partition coefficient (Wildman–Crippen LogP) is 4.96. The number of nitrogens with zero attached hydrogens (tertiary/aromatic N) is 2. The molecular formula is C25H21Cl2N5O4. The number of hydrogen-bond donors (Lipinski definition) is 3. The molecule has 184 valence electrons. The number of hydrogen-bond acceptors (Lipinski definition) is 6. The number of carbonyl (C=O) groups excluding carboxylic acids is 2. The van der Waals surface area contributed by atoms with Crippen molar-refractivity contribution in [2.45, 2.75) is 19.1 Å². The minimum Gasteiger partial charge on any atom is -0.455 e. The summed E-state index contributed by atoms with van der Waals surface area (Å²) >= 11 is 12.0. The van der Waals surface area contributed by atoms with Crippen LogP contribution < -0.4 is 10.7 Å². The lowest BCUT2D eigenvalue weighted by Crippen LogP contribution is -2.47. The van der Waals surface area contributed by atoms with Crippen LogP contribution in [-0.4, -0.2) is 34.2 Å². The van der Waals surface area contributed by atoms with Crippen LogP contribution in [0.1, 0.15) is 17.0 Å². The third kappa shape index (κ3) is 6.97. The number of imidazole rings is 1. The molecule has 0 bridgehead atoms. The van der Waals surface area contributed by atoms with E-state index in [0.717, 1.165) is 11.1 Å². The molecule has 2 aromatic heterocycles. The van der Waals surface area contributed by atoms with Crippen molar-refractivity contribution in [2.24, 2.45) is 5.10 Å². The van der Waals surface area contributed by atoms with Gasteiger partial charge in [-0.05, 0) is 35.9 Å². The Labute approximate surface area is 216 Å². The first-order chi connectivity index (χ1) is 17.5. The van der Waals surface area contributed by atoms with Crippen LogP contribution in [0.4, 0.5) is 4.79 Å². The number of rotatable bonds is 9.